The number of hydrogen-bond donors (Lipinski definition) is 3. The molecular formula is C34H39FN4O4. The maximum atomic E-state index is 15.3. The van der Waals surface area contributed by atoms with Gasteiger partial charge in [0.1, 0.15) is 5.82 Å². The Balaban J connectivity index is 1.30. The molecule has 1 aromatic heterocycles. The molecule has 5 rings (SSSR count). The van der Waals surface area contributed by atoms with Gasteiger partial charge in [0.05, 0.1) is 23.1 Å². The summed E-state index contributed by atoms with van der Waals surface area (Å²) in [7, 11) is 1.92. The van der Waals surface area contributed by atoms with Gasteiger partial charge in [-0.3, -0.25) is 14.6 Å². The molecule has 43 heavy (non-hydrogen) atoms. The number of amides is 3. The lowest BCUT2D eigenvalue weighted by Crippen LogP contribution is -2.40. The van der Waals surface area contributed by atoms with Crippen molar-refractivity contribution in [3.05, 3.63) is 72.2 Å². The van der Waals surface area contributed by atoms with Gasteiger partial charge in [-0.1, -0.05) is 42.5 Å². The lowest BCUT2D eigenvalue weighted by molar-refractivity contribution is -0.134. The molecule has 0 radical (unpaired) electrons. The number of benzene rings is 2. The van der Waals surface area contributed by atoms with Crippen molar-refractivity contribution in [3.63, 3.8) is 0 Å². The van der Waals surface area contributed by atoms with Crippen molar-refractivity contribution < 1.29 is 23.9 Å². The maximum Gasteiger partial charge on any atom is 0.405 e. The summed E-state index contributed by atoms with van der Waals surface area (Å²) >= 11 is 0. The number of carbonyl (C=O) groups is 3. The zero-order valence-electron chi connectivity index (χ0n) is 24.9. The van der Waals surface area contributed by atoms with Gasteiger partial charge in [0, 0.05) is 42.1 Å². The van der Waals surface area contributed by atoms with Crippen molar-refractivity contribution in [3.8, 4) is 22.4 Å². The minimum Gasteiger partial charge on any atom is -0.465 e. The van der Waals surface area contributed by atoms with Crippen LogP contribution in [0.4, 0.5) is 14.9 Å². The lowest BCUT2D eigenvalue weighted by atomic mass is 9.83. The molecule has 226 valence electrons. The molecule has 0 atom stereocenters. The molecule has 2 aromatic carbocycles. The summed E-state index contributed by atoms with van der Waals surface area (Å²) in [6, 6.07) is 16.3. The number of carbonyl (C=O) groups excluding carboxylic acids is 2. The first-order valence-corrected chi connectivity index (χ1v) is 15.0. The van der Waals surface area contributed by atoms with Crippen molar-refractivity contribution in [1.82, 2.24) is 15.2 Å². The summed E-state index contributed by atoms with van der Waals surface area (Å²) in [6.45, 7) is 3.20. The van der Waals surface area contributed by atoms with Crippen LogP contribution in [0.25, 0.3) is 22.4 Å². The summed E-state index contributed by atoms with van der Waals surface area (Å²) in [5.41, 5.74) is 2.33. The molecule has 0 spiro atoms. The van der Waals surface area contributed by atoms with Crippen molar-refractivity contribution in [2.75, 3.05) is 12.4 Å². The fraction of sp³-hybridized carbons (Fsp3) is 0.412. The monoisotopic (exact) mass is 586 g/mol. The number of halogens is 1. The van der Waals surface area contributed by atoms with Crippen LogP contribution < -0.4 is 10.6 Å². The van der Waals surface area contributed by atoms with Crippen LogP contribution in [-0.2, 0) is 15.1 Å². The first-order chi connectivity index (χ1) is 20.5. The van der Waals surface area contributed by atoms with Crippen molar-refractivity contribution in [1.29, 1.82) is 0 Å². The van der Waals surface area contributed by atoms with E-state index >= 15 is 4.39 Å². The van der Waals surface area contributed by atoms with Gasteiger partial charge in [-0.25, -0.2) is 9.18 Å². The molecule has 2 aliphatic rings. The number of anilines is 1. The van der Waals surface area contributed by atoms with E-state index in [1.807, 2.05) is 48.3 Å². The second-order valence-corrected chi connectivity index (χ2v) is 12.4. The van der Waals surface area contributed by atoms with Crippen molar-refractivity contribution in [2.24, 2.45) is 11.8 Å². The fourth-order valence-corrected chi connectivity index (χ4v) is 6.11. The fourth-order valence-electron chi connectivity index (χ4n) is 6.11. The Labute approximate surface area is 251 Å². The van der Waals surface area contributed by atoms with Gasteiger partial charge in [-0.05, 0) is 76.0 Å². The molecule has 3 amide bonds. The Morgan fingerprint density at radius 2 is 1.67 bits per heavy atom. The first kappa shape index (κ1) is 30.2. The molecular weight excluding hydrogens is 547 g/mol. The summed E-state index contributed by atoms with van der Waals surface area (Å²) in [5.74, 6) is 0.128. The molecule has 2 fully saturated rings. The van der Waals surface area contributed by atoms with Crippen LogP contribution in [0.5, 0.6) is 0 Å². The Kier molecular flexibility index (Phi) is 8.80. The average molecular weight is 587 g/mol. The Morgan fingerprint density at radius 1 is 0.977 bits per heavy atom. The van der Waals surface area contributed by atoms with Crippen LogP contribution in [0.3, 0.4) is 0 Å². The van der Waals surface area contributed by atoms with E-state index < -0.39 is 17.4 Å². The van der Waals surface area contributed by atoms with E-state index in [-0.39, 0.29) is 35.3 Å². The predicted molar refractivity (Wildman–Crippen MR) is 164 cm³/mol. The summed E-state index contributed by atoms with van der Waals surface area (Å²) in [5, 5.41) is 14.5. The van der Waals surface area contributed by atoms with Gasteiger partial charge in [0.25, 0.3) is 0 Å². The van der Waals surface area contributed by atoms with Gasteiger partial charge in [-0.2, -0.15) is 0 Å². The van der Waals surface area contributed by atoms with E-state index in [9.17, 15) is 14.4 Å². The van der Waals surface area contributed by atoms with Gasteiger partial charge >= 0.3 is 6.09 Å². The highest BCUT2D eigenvalue weighted by molar-refractivity contribution is 5.93. The van der Waals surface area contributed by atoms with Crippen LogP contribution in [0.2, 0.25) is 0 Å². The Morgan fingerprint density at radius 3 is 2.30 bits per heavy atom. The second-order valence-electron chi connectivity index (χ2n) is 12.4. The lowest BCUT2D eigenvalue weighted by Gasteiger charge is -2.34. The van der Waals surface area contributed by atoms with E-state index in [0.717, 1.165) is 49.7 Å². The zero-order valence-corrected chi connectivity index (χ0v) is 24.9. The number of carboxylic acid groups (broad SMARTS) is 1. The highest BCUT2D eigenvalue weighted by Crippen LogP contribution is 2.36. The third kappa shape index (κ3) is 7.21. The van der Waals surface area contributed by atoms with Crippen LogP contribution in [0.15, 0.2) is 60.8 Å². The van der Waals surface area contributed by atoms with Crippen molar-refractivity contribution >= 4 is 23.6 Å². The molecule has 2 aliphatic carbocycles. The zero-order chi connectivity index (χ0) is 30.7. The van der Waals surface area contributed by atoms with Gasteiger partial charge in [0.15, 0.2) is 0 Å². The van der Waals surface area contributed by atoms with Crippen LogP contribution in [0.1, 0.15) is 64.4 Å². The quantitative estimate of drug-likeness (QED) is 0.255. The Bertz CT molecular complexity index is 1500. The molecule has 1 heterocycles. The Hall–Kier alpha value is -4.27. The summed E-state index contributed by atoms with van der Waals surface area (Å²) < 4.78 is 15.3. The van der Waals surface area contributed by atoms with E-state index in [0.29, 0.717) is 23.4 Å². The molecule has 8 nitrogen and oxygen atoms in total. The highest BCUT2D eigenvalue weighted by atomic mass is 19.1. The standard InChI is InChI=1S/C34H39FN4O4/c1-34(2,38-33(42)43)28-16-13-24(18-29(28)35)31-27(22-7-5-4-6-8-22)19-25(20-36-31)37-30(40)17-21-9-14-26(15-10-21)39(3)32(41)23-11-12-23/h4-8,13,16,18-21,23,26,38H,9-12,14-15,17H2,1-3H3,(H,37,40)(H,42,43)/t21-,26-. The topological polar surface area (TPSA) is 112 Å². The van der Waals surface area contributed by atoms with Gasteiger partial charge in [-0.15, -0.1) is 0 Å². The minimum atomic E-state index is -1.24. The van der Waals surface area contributed by atoms with Crippen LogP contribution in [-0.4, -0.2) is 46.0 Å². The second kappa shape index (κ2) is 12.5. The highest BCUT2D eigenvalue weighted by Gasteiger charge is 2.36. The third-order valence-electron chi connectivity index (χ3n) is 8.70. The van der Waals surface area contributed by atoms with E-state index in [4.69, 9.17) is 5.11 Å². The van der Waals surface area contributed by atoms with Gasteiger partial charge < -0.3 is 20.6 Å². The van der Waals surface area contributed by atoms with E-state index in [1.54, 1.807) is 32.2 Å². The van der Waals surface area contributed by atoms with Crippen LogP contribution in [0, 0.1) is 17.7 Å². The number of pyridine rings is 1. The summed E-state index contributed by atoms with van der Waals surface area (Å²) in [6.07, 6.45) is 6.42. The smallest absolute Gasteiger partial charge is 0.405 e. The number of nitrogens with one attached hydrogen (secondary N) is 2. The average Bonchev–Trinajstić information content (AvgIpc) is 3.82. The maximum absolute atomic E-state index is 15.3. The molecule has 9 heteroatoms. The number of hydrogen-bond acceptors (Lipinski definition) is 4. The molecule has 2 saturated carbocycles. The summed E-state index contributed by atoms with van der Waals surface area (Å²) in [4.78, 5) is 43.3. The van der Waals surface area contributed by atoms with E-state index in [2.05, 4.69) is 15.6 Å². The van der Waals surface area contributed by atoms with Crippen molar-refractivity contribution in [2.45, 2.75) is 70.4 Å². The number of rotatable bonds is 9. The molecule has 0 saturated heterocycles. The molecule has 3 N–H and O–H groups in total. The largest absolute Gasteiger partial charge is 0.465 e. The number of aromatic nitrogens is 1. The third-order valence-corrected chi connectivity index (χ3v) is 8.70. The molecule has 0 unspecified atom stereocenters. The van der Waals surface area contributed by atoms with Gasteiger partial charge in [0.2, 0.25) is 11.8 Å². The predicted octanol–water partition coefficient (Wildman–Crippen LogP) is 6.81. The normalized spacial score (nSPS) is 18.5. The first-order valence-electron chi connectivity index (χ1n) is 15.0. The molecule has 0 bridgehead atoms. The molecule has 0 aliphatic heterocycles. The molecule has 3 aromatic rings. The number of nitrogens with zero attached hydrogens (tertiary/aromatic N) is 2. The van der Waals surface area contributed by atoms with Crippen LogP contribution >= 0.6 is 0 Å². The SMILES string of the molecule is CN(C(=O)C1CC1)[C@H]1CC[C@H](CC(=O)Nc2cnc(-c3ccc(C(C)(C)NC(=O)O)c(F)c3)c(-c3ccccc3)c2)CC1. The minimum absolute atomic E-state index is 0.0806. The van der Waals surface area contributed by atoms with E-state index in [1.165, 1.54) is 6.07 Å².